The number of nitrogens with zero attached hydrogens (tertiary/aromatic N) is 2. The zero-order valence-electron chi connectivity index (χ0n) is 18.2. The van der Waals surface area contributed by atoms with Crippen molar-refractivity contribution in [3.05, 3.63) is 0 Å². The van der Waals surface area contributed by atoms with Gasteiger partial charge in [0.05, 0.1) is 6.04 Å². The van der Waals surface area contributed by atoms with Crippen LogP contribution in [0.2, 0.25) is 0 Å². The number of carbonyl (C=O) groups is 1. The number of hydroxylamine groups is 1. The molecule has 2 saturated carbocycles. The number of carbonyl (C=O) groups excluding carboxylic acids is 1. The van der Waals surface area contributed by atoms with Gasteiger partial charge in [-0.1, -0.05) is 66.2 Å². The van der Waals surface area contributed by atoms with Gasteiger partial charge in [-0.2, -0.15) is 5.48 Å². The molecule has 2 rings (SSSR count). The normalized spacial score (nSPS) is 21.7. The molecule has 0 aliphatic heterocycles. The summed E-state index contributed by atoms with van der Waals surface area (Å²) in [7, 11) is 0. The van der Waals surface area contributed by atoms with Gasteiger partial charge in [0.2, 0.25) is 5.91 Å². The zero-order chi connectivity index (χ0) is 19.9. The fraction of sp³-hybridized carbons (Fsp3) is 0.909. The van der Waals surface area contributed by atoms with Crippen molar-refractivity contribution in [2.75, 3.05) is 0 Å². The van der Waals surface area contributed by atoms with E-state index in [1.807, 2.05) is 25.7 Å². The molecule has 0 saturated heterocycles. The largest absolute Gasteiger partial charge is 0.370 e. The average Bonchev–Trinajstić information content (AvgIpc) is 2.66. The van der Waals surface area contributed by atoms with E-state index in [0.717, 1.165) is 32.1 Å². The molecular weight excluding hydrogens is 338 g/mol. The van der Waals surface area contributed by atoms with Gasteiger partial charge in [0.15, 0.2) is 0 Å². The molecule has 2 fully saturated rings. The van der Waals surface area contributed by atoms with Crippen LogP contribution in [0.3, 0.4) is 0 Å². The molecular formula is C22H41N3O2. The van der Waals surface area contributed by atoms with Crippen LogP contribution in [-0.4, -0.2) is 35.0 Å². The maximum atomic E-state index is 13.4. The van der Waals surface area contributed by atoms with Crippen LogP contribution in [0, 0.1) is 5.41 Å². The van der Waals surface area contributed by atoms with Crippen LogP contribution < -0.4 is 5.48 Å². The molecule has 5 nitrogen and oxygen atoms in total. The van der Waals surface area contributed by atoms with E-state index in [2.05, 4.69) is 19.3 Å². The smallest absolute Gasteiger partial charge is 0.314 e. The van der Waals surface area contributed by atoms with E-state index < -0.39 is 5.41 Å². The second-order valence-electron chi connectivity index (χ2n) is 9.45. The molecule has 0 aromatic carbocycles. The van der Waals surface area contributed by atoms with E-state index >= 15 is 0 Å². The minimum Gasteiger partial charge on any atom is -0.370 e. The van der Waals surface area contributed by atoms with Gasteiger partial charge >= 0.3 is 6.02 Å². The Kier molecular flexibility index (Phi) is 8.59. The highest BCUT2D eigenvalue weighted by atomic mass is 16.7. The molecule has 0 aromatic rings. The molecule has 1 atom stereocenters. The Labute approximate surface area is 166 Å². The number of hydrogen-bond acceptors (Lipinski definition) is 4. The van der Waals surface area contributed by atoms with E-state index in [0.29, 0.717) is 6.02 Å². The Bertz CT molecular complexity index is 486. The number of amidine groups is 1. The quantitative estimate of drug-likeness (QED) is 0.406. The summed E-state index contributed by atoms with van der Waals surface area (Å²) in [6.07, 6.45) is 12.6. The third kappa shape index (κ3) is 6.78. The molecule has 5 heteroatoms. The Balaban J connectivity index is 2.30. The molecule has 0 heterocycles. The topological polar surface area (TPSA) is 53.9 Å². The molecule has 2 aliphatic carbocycles. The molecule has 156 valence electrons. The monoisotopic (exact) mass is 379 g/mol. The molecule has 27 heavy (non-hydrogen) atoms. The Hall–Kier alpha value is -1.10. The Morgan fingerprint density at radius 3 is 2.15 bits per heavy atom. The van der Waals surface area contributed by atoms with Crippen molar-refractivity contribution in [2.45, 2.75) is 123 Å². The first-order valence-corrected chi connectivity index (χ1v) is 11.2. The summed E-state index contributed by atoms with van der Waals surface area (Å²) in [5, 5.41) is 0. The summed E-state index contributed by atoms with van der Waals surface area (Å²) in [4.78, 5) is 26.3. The fourth-order valence-corrected chi connectivity index (χ4v) is 3.85. The maximum absolute atomic E-state index is 13.4. The second-order valence-corrected chi connectivity index (χ2v) is 9.45. The second kappa shape index (κ2) is 10.4. The SMILES string of the molecule is CCC(C)NOC(=NC1CCCCC1)N(C(=O)C(C)(C)C)C1CCCCC1. The molecule has 0 radical (unpaired) electrons. The number of nitrogens with one attached hydrogen (secondary N) is 1. The van der Waals surface area contributed by atoms with Gasteiger partial charge in [0, 0.05) is 17.5 Å². The van der Waals surface area contributed by atoms with Crippen molar-refractivity contribution >= 4 is 11.9 Å². The van der Waals surface area contributed by atoms with Crippen molar-refractivity contribution in [2.24, 2.45) is 10.4 Å². The van der Waals surface area contributed by atoms with Crippen molar-refractivity contribution in [3.63, 3.8) is 0 Å². The lowest BCUT2D eigenvalue weighted by molar-refractivity contribution is -0.139. The van der Waals surface area contributed by atoms with Gasteiger partial charge in [0.1, 0.15) is 0 Å². The molecule has 1 N–H and O–H groups in total. The lowest BCUT2D eigenvalue weighted by Gasteiger charge is -2.38. The number of aliphatic imine (C=N–C) groups is 1. The third-order valence-electron chi connectivity index (χ3n) is 5.84. The lowest BCUT2D eigenvalue weighted by atomic mass is 9.90. The van der Waals surface area contributed by atoms with Crippen LogP contribution in [0.5, 0.6) is 0 Å². The molecule has 0 bridgehead atoms. The fourth-order valence-electron chi connectivity index (χ4n) is 3.85. The Morgan fingerprint density at radius 2 is 1.63 bits per heavy atom. The predicted octanol–water partition coefficient (Wildman–Crippen LogP) is 5.20. The van der Waals surface area contributed by atoms with Crippen molar-refractivity contribution in [3.8, 4) is 0 Å². The van der Waals surface area contributed by atoms with E-state index in [4.69, 9.17) is 9.83 Å². The van der Waals surface area contributed by atoms with Gasteiger partial charge in [-0.3, -0.25) is 9.69 Å². The third-order valence-corrected chi connectivity index (χ3v) is 5.84. The van der Waals surface area contributed by atoms with Gasteiger partial charge in [-0.15, -0.1) is 0 Å². The van der Waals surface area contributed by atoms with E-state index in [9.17, 15) is 4.79 Å². The minimum atomic E-state index is -0.454. The van der Waals surface area contributed by atoms with Crippen molar-refractivity contribution in [1.82, 2.24) is 10.4 Å². The van der Waals surface area contributed by atoms with Gasteiger partial charge in [-0.25, -0.2) is 4.99 Å². The standard InChI is InChI=1S/C22H41N3O2/c1-6-17(2)24-27-21(23-18-13-9-7-10-14-18)25(20(26)22(3,4)5)19-15-11-8-12-16-19/h17-19,24H,6-16H2,1-5H3. The Morgan fingerprint density at radius 1 is 1.07 bits per heavy atom. The summed E-state index contributed by atoms with van der Waals surface area (Å²) >= 11 is 0. The lowest BCUT2D eigenvalue weighted by Crippen LogP contribution is -2.52. The molecule has 2 aliphatic rings. The average molecular weight is 380 g/mol. The maximum Gasteiger partial charge on any atom is 0.314 e. The molecule has 0 spiro atoms. The van der Waals surface area contributed by atoms with Gasteiger partial charge in [0.25, 0.3) is 0 Å². The molecule has 0 aromatic heterocycles. The predicted molar refractivity (Wildman–Crippen MR) is 111 cm³/mol. The van der Waals surface area contributed by atoms with E-state index in [1.54, 1.807) is 0 Å². The summed E-state index contributed by atoms with van der Waals surface area (Å²) < 4.78 is 0. The highest BCUT2D eigenvalue weighted by molar-refractivity contribution is 5.97. The van der Waals surface area contributed by atoms with Crippen LogP contribution in [0.15, 0.2) is 4.99 Å². The van der Waals surface area contributed by atoms with Gasteiger partial charge in [-0.05, 0) is 39.0 Å². The molecule has 1 amide bonds. The first kappa shape index (κ1) is 22.2. The van der Waals surface area contributed by atoms with E-state index in [-0.39, 0.29) is 24.0 Å². The van der Waals surface area contributed by atoms with Crippen molar-refractivity contribution in [1.29, 1.82) is 0 Å². The highest BCUT2D eigenvalue weighted by Gasteiger charge is 2.37. The molecule has 1 unspecified atom stereocenters. The highest BCUT2D eigenvalue weighted by Crippen LogP contribution is 2.29. The van der Waals surface area contributed by atoms with Crippen LogP contribution >= 0.6 is 0 Å². The first-order chi connectivity index (χ1) is 12.8. The summed E-state index contributed by atoms with van der Waals surface area (Å²) in [6, 6.07) is 1.20. The van der Waals surface area contributed by atoms with Crippen LogP contribution in [-0.2, 0) is 9.63 Å². The van der Waals surface area contributed by atoms with Crippen LogP contribution in [0.4, 0.5) is 0 Å². The first-order valence-electron chi connectivity index (χ1n) is 11.2. The number of amides is 1. The number of hydrogen-bond donors (Lipinski definition) is 1. The van der Waals surface area contributed by atoms with E-state index in [1.165, 1.54) is 38.5 Å². The summed E-state index contributed by atoms with van der Waals surface area (Å²) in [6.45, 7) is 10.2. The minimum absolute atomic E-state index is 0.120. The van der Waals surface area contributed by atoms with Crippen molar-refractivity contribution < 1.29 is 9.63 Å². The van der Waals surface area contributed by atoms with Gasteiger partial charge < -0.3 is 4.84 Å². The number of rotatable bonds is 5. The zero-order valence-corrected chi connectivity index (χ0v) is 18.2. The summed E-state index contributed by atoms with van der Waals surface area (Å²) in [5.74, 6) is 0.120. The summed E-state index contributed by atoms with van der Waals surface area (Å²) in [5.41, 5.74) is 2.67. The van der Waals surface area contributed by atoms with Crippen LogP contribution in [0.1, 0.15) is 105 Å². The van der Waals surface area contributed by atoms with Crippen LogP contribution in [0.25, 0.3) is 0 Å².